The maximum Gasteiger partial charge on any atom is 0.227 e. The van der Waals surface area contributed by atoms with Crippen molar-refractivity contribution in [3.05, 3.63) is 48.2 Å². The van der Waals surface area contributed by atoms with E-state index in [-0.39, 0.29) is 5.91 Å². The second kappa shape index (κ2) is 8.59. The van der Waals surface area contributed by atoms with Gasteiger partial charge in [-0.3, -0.25) is 9.69 Å². The molecule has 0 saturated carbocycles. The van der Waals surface area contributed by atoms with Crippen LogP contribution in [0.1, 0.15) is 12.5 Å². The van der Waals surface area contributed by atoms with Gasteiger partial charge in [0.1, 0.15) is 7.85 Å². The summed E-state index contributed by atoms with van der Waals surface area (Å²) in [5, 5.41) is 7.01. The molecule has 7 nitrogen and oxygen atoms in total. The Kier molecular flexibility index (Phi) is 5.73. The quantitative estimate of drug-likeness (QED) is 0.652. The summed E-state index contributed by atoms with van der Waals surface area (Å²) in [6.45, 7) is 5.55. The van der Waals surface area contributed by atoms with Crippen molar-refractivity contribution >= 4 is 47.4 Å². The largest absolute Gasteiger partial charge is 0.379 e. The summed E-state index contributed by atoms with van der Waals surface area (Å²) in [5.41, 5.74) is 4.13. The molecule has 1 amide bonds. The van der Waals surface area contributed by atoms with Crippen molar-refractivity contribution in [3.8, 4) is 0 Å². The maximum atomic E-state index is 11.6. The highest BCUT2D eigenvalue weighted by molar-refractivity contribution is 6.33. The van der Waals surface area contributed by atoms with Crippen LogP contribution in [-0.4, -0.2) is 54.9 Å². The van der Waals surface area contributed by atoms with E-state index in [4.69, 9.17) is 12.6 Å². The fraction of sp³-hybridized carbons (Fsp3) is 0.286. The Hall–Kier alpha value is -2.97. The number of carbonyl (C=O) groups excluding carboxylic acids is 1. The Bertz CT molecular complexity index is 1040. The molecule has 0 aliphatic carbocycles. The number of carbonyl (C=O) groups is 1. The summed E-state index contributed by atoms with van der Waals surface area (Å²) < 4.78 is 5.42. The minimum atomic E-state index is -0.112. The van der Waals surface area contributed by atoms with Gasteiger partial charge in [-0.15, -0.1) is 0 Å². The number of hydrogen-bond acceptors (Lipinski definition) is 6. The number of fused-ring (bicyclic) bond motifs is 1. The Morgan fingerprint density at radius 3 is 2.76 bits per heavy atom. The van der Waals surface area contributed by atoms with Crippen LogP contribution in [0.3, 0.4) is 0 Å². The molecule has 2 N–H and O–H groups in total. The molecular weight excluding hydrogens is 365 g/mol. The third kappa shape index (κ3) is 5.10. The van der Waals surface area contributed by atoms with E-state index in [9.17, 15) is 4.79 Å². The van der Waals surface area contributed by atoms with Gasteiger partial charge in [-0.05, 0) is 29.8 Å². The van der Waals surface area contributed by atoms with Crippen LogP contribution in [0.15, 0.2) is 42.6 Å². The van der Waals surface area contributed by atoms with Crippen molar-refractivity contribution in [2.75, 3.05) is 36.9 Å². The first-order chi connectivity index (χ1) is 14.0. The fourth-order valence-corrected chi connectivity index (χ4v) is 3.39. The van der Waals surface area contributed by atoms with E-state index < -0.39 is 0 Å². The second-order valence-corrected chi connectivity index (χ2v) is 7.13. The third-order valence-electron chi connectivity index (χ3n) is 4.68. The molecule has 146 valence electrons. The van der Waals surface area contributed by atoms with Gasteiger partial charge in [0, 0.05) is 49.5 Å². The van der Waals surface area contributed by atoms with Gasteiger partial charge in [0.15, 0.2) is 0 Å². The Labute approximate surface area is 170 Å². The summed E-state index contributed by atoms with van der Waals surface area (Å²) in [6, 6.07) is 11.5. The predicted molar refractivity (Wildman–Crippen MR) is 115 cm³/mol. The molecule has 0 bridgehead atoms. The van der Waals surface area contributed by atoms with Crippen LogP contribution in [-0.2, 0) is 16.1 Å². The van der Waals surface area contributed by atoms with E-state index in [2.05, 4.69) is 31.6 Å². The lowest BCUT2D eigenvalue weighted by atomic mass is 9.95. The molecule has 8 heteroatoms. The van der Waals surface area contributed by atoms with Crippen LogP contribution in [0.2, 0.25) is 0 Å². The van der Waals surface area contributed by atoms with Gasteiger partial charge in [0.05, 0.1) is 18.7 Å². The highest BCUT2D eigenvalue weighted by atomic mass is 16.5. The smallest absolute Gasteiger partial charge is 0.227 e. The van der Waals surface area contributed by atoms with Crippen LogP contribution >= 0.6 is 0 Å². The molecule has 29 heavy (non-hydrogen) atoms. The Morgan fingerprint density at radius 1 is 1.17 bits per heavy atom. The van der Waals surface area contributed by atoms with E-state index in [1.54, 1.807) is 6.20 Å². The number of hydrogen-bond donors (Lipinski definition) is 2. The summed E-state index contributed by atoms with van der Waals surface area (Å²) in [6.07, 6.45) is 1.74. The number of ether oxygens (including phenoxy) is 1. The van der Waals surface area contributed by atoms with Crippen LogP contribution < -0.4 is 16.1 Å². The van der Waals surface area contributed by atoms with Crippen molar-refractivity contribution in [1.29, 1.82) is 0 Å². The van der Waals surface area contributed by atoms with Crippen LogP contribution in [0.5, 0.6) is 0 Å². The first-order valence-electron chi connectivity index (χ1n) is 9.56. The molecule has 2 heterocycles. The molecule has 0 spiro atoms. The monoisotopic (exact) mass is 387 g/mol. The fourth-order valence-electron chi connectivity index (χ4n) is 3.39. The molecule has 1 aromatic heterocycles. The zero-order valence-corrected chi connectivity index (χ0v) is 16.3. The number of nitrogens with one attached hydrogen (secondary N) is 2. The van der Waals surface area contributed by atoms with Crippen LogP contribution in [0.25, 0.3) is 10.9 Å². The summed E-state index contributed by atoms with van der Waals surface area (Å²) >= 11 is 0. The van der Waals surface area contributed by atoms with Gasteiger partial charge < -0.3 is 15.4 Å². The number of anilines is 3. The zero-order valence-electron chi connectivity index (χ0n) is 16.3. The number of rotatable bonds is 5. The first-order valence-corrected chi connectivity index (χ1v) is 9.56. The average Bonchev–Trinajstić information content (AvgIpc) is 2.68. The lowest BCUT2D eigenvalue weighted by Gasteiger charge is -2.27. The molecular formula is C21H22BN5O2. The lowest BCUT2D eigenvalue weighted by Crippen LogP contribution is -2.35. The summed E-state index contributed by atoms with van der Waals surface area (Å²) in [7, 11) is 5.82. The van der Waals surface area contributed by atoms with Crippen molar-refractivity contribution in [1.82, 2.24) is 14.9 Å². The molecule has 2 aromatic carbocycles. The second-order valence-electron chi connectivity index (χ2n) is 7.13. The molecule has 0 unspecified atom stereocenters. The predicted octanol–water partition coefficient (Wildman–Crippen LogP) is 1.96. The Balaban J connectivity index is 1.60. The maximum absolute atomic E-state index is 11.6. The van der Waals surface area contributed by atoms with Gasteiger partial charge in [-0.1, -0.05) is 17.6 Å². The van der Waals surface area contributed by atoms with Crippen molar-refractivity contribution in [2.45, 2.75) is 13.5 Å². The third-order valence-corrected chi connectivity index (χ3v) is 4.68. The average molecular weight is 387 g/mol. The molecule has 4 rings (SSSR count). The van der Waals surface area contributed by atoms with Gasteiger partial charge in [-0.25, -0.2) is 9.97 Å². The molecule has 3 aromatic rings. The molecule has 0 atom stereocenters. The highest BCUT2D eigenvalue weighted by Crippen LogP contribution is 2.23. The molecule has 1 aliphatic heterocycles. The molecule has 2 radical (unpaired) electrons. The summed E-state index contributed by atoms with van der Waals surface area (Å²) in [4.78, 5) is 22.8. The molecule has 1 saturated heterocycles. The number of aromatic nitrogens is 2. The highest BCUT2D eigenvalue weighted by Gasteiger charge is 2.12. The first kappa shape index (κ1) is 19.4. The Morgan fingerprint density at radius 2 is 1.97 bits per heavy atom. The van der Waals surface area contributed by atoms with E-state index >= 15 is 0 Å². The van der Waals surface area contributed by atoms with E-state index in [1.807, 2.05) is 30.3 Å². The minimum Gasteiger partial charge on any atom is -0.379 e. The van der Waals surface area contributed by atoms with E-state index in [0.717, 1.165) is 60.7 Å². The number of nitrogens with zero attached hydrogens (tertiary/aromatic N) is 3. The topological polar surface area (TPSA) is 79.4 Å². The number of amides is 1. The number of benzene rings is 2. The molecule has 1 aliphatic rings. The van der Waals surface area contributed by atoms with Gasteiger partial charge in [0.2, 0.25) is 11.9 Å². The van der Waals surface area contributed by atoms with Crippen LogP contribution in [0, 0.1) is 0 Å². The minimum absolute atomic E-state index is 0.112. The van der Waals surface area contributed by atoms with Crippen LogP contribution in [0.4, 0.5) is 17.3 Å². The SMILES string of the molecule is [B]c1ccc2nc(Nc3cc(CN4CCOCC4)cc(NC(C)=O)c3)ncc2c1. The van der Waals surface area contributed by atoms with Crippen molar-refractivity contribution in [3.63, 3.8) is 0 Å². The van der Waals surface area contributed by atoms with Crippen molar-refractivity contribution < 1.29 is 9.53 Å². The lowest BCUT2D eigenvalue weighted by molar-refractivity contribution is -0.114. The van der Waals surface area contributed by atoms with Gasteiger partial charge in [-0.2, -0.15) is 0 Å². The zero-order chi connectivity index (χ0) is 20.2. The van der Waals surface area contributed by atoms with E-state index in [1.165, 1.54) is 6.92 Å². The number of morpholine rings is 1. The summed E-state index contributed by atoms with van der Waals surface area (Å²) in [5.74, 6) is 0.374. The normalized spacial score (nSPS) is 14.7. The molecule has 1 fully saturated rings. The van der Waals surface area contributed by atoms with E-state index in [0.29, 0.717) is 11.4 Å². The standard InChI is InChI=1S/C21H22BN5O2/c1-14(28)24-18-8-15(13-27-4-6-29-7-5-27)9-19(11-18)25-21-23-12-16-10-17(22)2-3-20(16)26-21/h2-3,8-12H,4-7,13H2,1H3,(H,24,28)(H,23,25,26). The van der Waals surface area contributed by atoms with Crippen molar-refractivity contribution in [2.24, 2.45) is 0 Å². The van der Waals surface area contributed by atoms with Gasteiger partial charge >= 0.3 is 0 Å². The van der Waals surface area contributed by atoms with Gasteiger partial charge in [0.25, 0.3) is 0 Å².